The molecule has 5 heteroatoms. The SMILES string of the molecule is C[C@H](CS(=O)c1ccccc1)[C@H](CC=O)O[Si](c1ccccc1)(c1ccccc1)C(C)(C)C. The minimum absolute atomic E-state index is 0.0575. The third-order valence-electron chi connectivity index (χ3n) is 6.13. The Kier molecular flexibility index (Phi) is 8.57. The molecule has 0 aliphatic carbocycles. The van der Waals surface area contributed by atoms with Crippen LogP contribution < -0.4 is 10.4 Å². The molecule has 3 aromatic rings. The van der Waals surface area contributed by atoms with Gasteiger partial charge in [0, 0.05) is 17.1 Å². The van der Waals surface area contributed by atoms with Crippen molar-refractivity contribution in [1.29, 1.82) is 0 Å². The minimum atomic E-state index is -2.80. The molecule has 0 fully saturated rings. The summed E-state index contributed by atoms with van der Waals surface area (Å²) in [6, 6.07) is 30.3. The Morgan fingerprint density at radius 3 is 1.73 bits per heavy atom. The number of rotatable bonds is 10. The van der Waals surface area contributed by atoms with Gasteiger partial charge in [-0.15, -0.1) is 0 Å². The van der Waals surface area contributed by atoms with Gasteiger partial charge in [-0.25, -0.2) is 0 Å². The number of hydrogen-bond acceptors (Lipinski definition) is 3. The van der Waals surface area contributed by atoms with E-state index in [1.54, 1.807) is 0 Å². The fourth-order valence-electron chi connectivity index (χ4n) is 4.42. The normalized spacial score (nSPS) is 14.9. The molecule has 0 aliphatic heterocycles. The van der Waals surface area contributed by atoms with Crippen LogP contribution in [-0.4, -0.2) is 30.7 Å². The second kappa shape index (κ2) is 11.2. The molecule has 0 bridgehead atoms. The van der Waals surface area contributed by atoms with E-state index in [2.05, 4.69) is 69.3 Å². The van der Waals surface area contributed by atoms with Crippen LogP contribution in [0.4, 0.5) is 0 Å². The van der Waals surface area contributed by atoms with E-state index in [1.807, 2.05) is 49.4 Å². The van der Waals surface area contributed by atoms with E-state index < -0.39 is 19.1 Å². The van der Waals surface area contributed by atoms with Crippen molar-refractivity contribution < 1.29 is 13.4 Å². The molecule has 0 saturated carbocycles. The highest BCUT2D eigenvalue weighted by Crippen LogP contribution is 2.38. The van der Waals surface area contributed by atoms with Crippen molar-refractivity contribution in [3.05, 3.63) is 91.0 Å². The Morgan fingerprint density at radius 1 is 0.848 bits per heavy atom. The van der Waals surface area contributed by atoms with Gasteiger partial charge in [0.05, 0.1) is 16.9 Å². The average Bonchev–Trinajstić information content (AvgIpc) is 2.82. The zero-order chi connectivity index (χ0) is 23.9. The number of benzene rings is 3. The molecule has 1 unspecified atom stereocenters. The topological polar surface area (TPSA) is 43.4 Å². The molecular weight excluding hydrogens is 444 g/mol. The Balaban J connectivity index is 2.03. The number of aldehydes is 1. The molecule has 0 radical (unpaired) electrons. The quantitative estimate of drug-likeness (QED) is 0.305. The second-order valence-corrected chi connectivity index (χ2v) is 15.3. The van der Waals surface area contributed by atoms with Gasteiger partial charge in [0.1, 0.15) is 6.29 Å². The third-order valence-corrected chi connectivity index (χ3v) is 12.8. The van der Waals surface area contributed by atoms with Gasteiger partial charge in [-0.1, -0.05) is 107 Å². The van der Waals surface area contributed by atoms with E-state index in [9.17, 15) is 9.00 Å². The van der Waals surface area contributed by atoms with Crippen molar-refractivity contribution in [3.63, 3.8) is 0 Å². The summed E-state index contributed by atoms with van der Waals surface area (Å²) in [5.74, 6) is 0.388. The molecule has 0 aliphatic rings. The maximum Gasteiger partial charge on any atom is 0.261 e. The lowest BCUT2D eigenvalue weighted by Gasteiger charge is -2.46. The maximum absolute atomic E-state index is 13.0. The van der Waals surface area contributed by atoms with Crippen LogP contribution in [0.1, 0.15) is 34.1 Å². The van der Waals surface area contributed by atoms with E-state index in [0.29, 0.717) is 5.75 Å². The van der Waals surface area contributed by atoms with Crippen molar-refractivity contribution >= 4 is 35.8 Å². The molecule has 3 aromatic carbocycles. The maximum atomic E-state index is 13.0. The number of carbonyl (C=O) groups is 1. The highest BCUT2D eigenvalue weighted by Gasteiger charge is 2.51. The Bertz CT molecular complexity index is 994. The van der Waals surface area contributed by atoms with Crippen molar-refractivity contribution in [1.82, 2.24) is 0 Å². The van der Waals surface area contributed by atoms with Gasteiger partial charge in [0.25, 0.3) is 8.32 Å². The summed E-state index contributed by atoms with van der Waals surface area (Å²) >= 11 is 0. The lowest BCUT2D eigenvalue weighted by atomic mass is 10.1. The zero-order valence-electron chi connectivity index (χ0n) is 19.9. The predicted octanol–water partition coefficient (Wildman–Crippen LogP) is 4.96. The van der Waals surface area contributed by atoms with E-state index >= 15 is 0 Å². The zero-order valence-corrected chi connectivity index (χ0v) is 21.8. The fourth-order valence-corrected chi connectivity index (χ4v) is 10.6. The molecule has 0 amide bonds. The summed E-state index contributed by atoms with van der Waals surface area (Å²) in [6.07, 6.45) is 0.878. The minimum Gasteiger partial charge on any atom is -0.404 e. The molecule has 3 atom stereocenters. The molecule has 0 aromatic heterocycles. The Hall–Kier alpha value is -2.34. The monoisotopic (exact) mass is 478 g/mol. The molecule has 3 nitrogen and oxygen atoms in total. The first kappa shape index (κ1) is 25.3. The van der Waals surface area contributed by atoms with Crippen LogP contribution in [0.5, 0.6) is 0 Å². The van der Waals surface area contributed by atoms with Gasteiger partial charge in [0.15, 0.2) is 0 Å². The van der Waals surface area contributed by atoms with Crippen LogP contribution in [-0.2, 0) is 20.0 Å². The molecule has 0 spiro atoms. The first-order valence-electron chi connectivity index (χ1n) is 11.5. The summed E-state index contributed by atoms with van der Waals surface area (Å²) in [7, 11) is -3.96. The van der Waals surface area contributed by atoms with Crippen LogP contribution in [0.15, 0.2) is 95.9 Å². The summed E-state index contributed by atoms with van der Waals surface area (Å²) in [6.45, 7) is 8.73. The van der Waals surface area contributed by atoms with Gasteiger partial charge in [-0.05, 0) is 33.5 Å². The highest BCUT2D eigenvalue weighted by atomic mass is 32.2. The standard InChI is InChI=1S/C28H34O3SSi/c1-23(22-32(30)24-14-8-5-9-15-24)27(20-21-29)31-33(28(2,3)4,25-16-10-6-11-17-25)26-18-12-7-13-19-26/h5-19,21,23,27H,20,22H2,1-4H3/t23-,27+,32?/m1/s1. The van der Waals surface area contributed by atoms with E-state index in [1.165, 1.54) is 10.4 Å². The second-order valence-electron chi connectivity index (χ2n) is 9.52. The van der Waals surface area contributed by atoms with Crippen LogP contribution >= 0.6 is 0 Å². The molecule has 0 N–H and O–H groups in total. The average molecular weight is 479 g/mol. The predicted molar refractivity (Wildman–Crippen MR) is 140 cm³/mol. The van der Waals surface area contributed by atoms with E-state index in [0.717, 1.165) is 11.2 Å². The first-order chi connectivity index (χ1) is 15.8. The largest absolute Gasteiger partial charge is 0.404 e. The molecule has 33 heavy (non-hydrogen) atoms. The van der Waals surface area contributed by atoms with Crippen LogP contribution in [0.3, 0.4) is 0 Å². The summed E-state index contributed by atoms with van der Waals surface area (Å²) in [5.41, 5.74) is 0. The summed E-state index contributed by atoms with van der Waals surface area (Å²) < 4.78 is 20.2. The Morgan fingerprint density at radius 2 is 1.30 bits per heavy atom. The smallest absolute Gasteiger partial charge is 0.261 e. The van der Waals surface area contributed by atoms with Crippen molar-refractivity contribution in [2.45, 2.75) is 50.2 Å². The molecule has 0 heterocycles. The van der Waals surface area contributed by atoms with Crippen LogP contribution in [0, 0.1) is 5.92 Å². The number of hydrogen-bond donors (Lipinski definition) is 0. The van der Waals surface area contributed by atoms with Crippen molar-refractivity contribution in [2.75, 3.05) is 5.75 Å². The summed E-state index contributed by atoms with van der Waals surface area (Å²) in [5, 5.41) is 2.17. The van der Waals surface area contributed by atoms with Crippen molar-refractivity contribution in [3.8, 4) is 0 Å². The molecular formula is C28H34O3SSi. The fraction of sp³-hybridized carbons (Fsp3) is 0.321. The number of carbonyl (C=O) groups excluding carboxylic acids is 1. The lowest BCUT2D eigenvalue weighted by Crippen LogP contribution is -2.68. The summed E-state index contributed by atoms with van der Waals surface area (Å²) in [4.78, 5) is 12.5. The van der Waals surface area contributed by atoms with Gasteiger partial charge in [-0.3, -0.25) is 4.21 Å². The molecule has 174 valence electrons. The third kappa shape index (κ3) is 5.78. The molecule has 0 saturated heterocycles. The molecule has 3 rings (SSSR count). The van der Waals surface area contributed by atoms with Crippen LogP contribution in [0.2, 0.25) is 5.04 Å². The van der Waals surface area contributed by atoms with E-state index in [-0.39, 0.29) is 23.5 Å². The van der Waals surface area contributed by atoms with Gasteiger partial charge >= 0.3 is 0 Å². The van der Waals surface area contributed by atoms with Gasteiger partial charge in [0.2, 0.25) is 0 Å². The van der Waals surface area contributed by atoms with Gasteiger partial charge in [-0.2, -0.15) is 0 Å². The Labute approximate surface area is 201 Å². The first-order valence-corrected chi connectivity index (χ1v) is 14.7. The lowest BCUT2D eigenvalue weighted by molar-refractivity contribution is -0.109. The van der Waals surface area contributed by atoms with E-state index in [4.69, 9.17) is 4.43 Å². The van der Waals surface area contributed by atoms with Crippen molar-refractivity contribution in [2.24, 2.45) is 5.92 Å². The van der Waals surface area contributed by atoms with Crippen LogP contribution in [0.25, 0.3) is 0 Å². The van der Waals surface area contributed by atoms with Gasteiger partial charge < -0.3 is 9.22 Å². The highest BCUT2D eigenvalue weighted by molar-refractivity contribution is 7.85.